The smallest absolute Gasteiger partial charge is 0.328 e. The molecule has 8 heteroatoms. The van der Waals surface area contributed by atoms with Crippen LogP contribution in [0.15, 0.2) is 24.4 Å². The van der Waals surface area contributed by atoms with Gasteiger partial charge in [0.05, 0.1) is 13.2 Å². The van der Waals surface area contributed by atoms with E-state index in [-0.39, 0.29) is 24.2 Å². The average Bonchev–Trinajstić information content (AvgIpc) is 3.27. The number of aromatic amines is 1. The molecule has 3 rings (SSSR count). The number of methoxy groups -OCH3 is 1. The Bertz CT molecular complexity index is 807. The molecule has 0 radical (unpaired) electrons. The Morgan fingerprint density at radius 3 is 2.96 bits per heavy atom. The molecule has 0 bridgehead atoms. The van der Waals surface area contributed by atoms with E-state index in [2.05, 4.69) is 10.3 Å². The van der Waals surface area contributed by atoms with E-state index in [1.54, 1.807) is 12.3 Å². The Labute approximate surface area is 150 Å². The van der Waals surface area contributed by atoms with E-state index in [1.807, 2.05) is 0 Å². The molecule has 26 heavy (non-hydrogen) atoms. The van der Waals surface area contributed by atoms with Gasteiger partial charge in [-0.3, -0.25) is 4.79 Å². The average molecular weight is 363 g/mol. The highest BCUT2D eigenvalue weighted by molar-refractivity contribution is 5.88. The number of aromatic nitrogens is 1. The van der Waals surface area contributed by atoms with Crippen molar-refractivity contribution in [3.63, 3.8) is 0 Å². The summed E-state index contributed by atoms with van der Waals surface area (Å²) < 4.78 is 23.7. The third-order valence-electron chi connectivity index (χ3n) is 4.62. The van der Waals surface area contributed by atoms with E-state index in [0.29, 0.717) is 24.9 Å². The molecule has 1 saturated heterocycles. The van der Waals surface area contributed by atoms with E-state index < -0.39 is 18.1 Å². The second-order valence-corrected chi connectivity index (χ2v) is 6.35. The molecular formula is C18H22FN3O4. The number of ether oxygens (including phenoxy) is 2. The highest BCUT2D eigenvalue weighted by Gasteiger charge is 2.33. The molecular weight excluding hydrogens is 341 g/mol. The number of carbonyl (C=O) groups is 2. The van der Waals surface area contributed by atoms with Crippen molar-refractivity contribution in [2.24, 2.45) is 5.73 Å². The number of fused-ring (bicyclic) bond motifs is 1. The highest BCUT2D eigenvalue weighted by Crippen LogP contribution is 2.22. The lowest BCUT2D eigenvalue weighted by molar-refractivity contribution is -0.146. The molecule has 3 atom stereocenters. The molecule has 1 aromatic heterocycles. The molecule has 7 nitrogen and oxygen atoms in total. The molecule has 1 amide bonds. The Kier molecular flexibility index (Phi) is 5.53. The van der Waals surface area contributed by atoms with Crippen LogP contribution < -0.4 is 11.1 Å². The second-order valence-electron chi connectivity index (χ2n) is 6.35. The van der Waals surface area contributed by atoms with Crippen LogP contribution in [0.3, 0.4) is 0 Å². The largest absolute Gasteiger partial charge is 0.467 e. The standard InChI is InChI=1S/C18H22FN3O4/c1-25-18(24)15(22-17(23)16-5-3-12(8-20)26-16)6-10-9-21-14-7-11(19)2-4-13(10)14/h2,4,7,9,12,15-16,21H,3,5-6,8,20H2,1H3,(H,22,23)/t12-,15?,16+/m1/s1. The van der Waals surface area contributed by atoms with Gasteiger partial charge in [0.25, 0.3) is 0 Å². The van der Waals surface area contributed by atoms with Crippen molar-refractivity contribution in [2.45, 2.75) is 37.5 Å². The molecule has 1 unspecified atom stereocenters. The lowest BCUT2D eigenvalue weighted by atomic mass is 10.0. The van der Waals surface area contributed by atoms with Gasteiger partial charge < -0.3 is 25.5 Å². The summed E-state index contributed by atoms with van der Waals surface area (Å²) in [4.78, 5) is 27.5. The van der Waals surface area contributed by atoms with E-state index in [0.717, 1.165) is 10.9 Å². The van der Waals surface area contributed by atoms with Gasteiger partial charge in [-0.25, -0.2) is 9.18 Å². The van der Waals surface area contributed by atoms with Crippen LogP contribution in [0.1, 0.15) is 18.4 Å². The summed E-state index contributed by atoms with van der Waals surface area (Å²) in [6.07, 6.45) is 2.44. The van der Waals surface area contributed by atoms with E-state index >= 15 is 0 Å². The zero-order chi connectivity index (χ0) is 18.7. The minimum atomic E-state index is -0.864. The molecule has 1 aromatic carbocycles. The van der Waals surface area contributed by atoms with E-state index in [9.17, 15) is 14.0 Å². The maximum absolute atomic E-state index is 13.3. The molecule has 2 heterocycles. The maximum Gasteiger partial charge on any atom is 0.328 e. The summed E-state index contributed by atoms with van der Waals surface area (Å²) >= 11 is 0. The quantitative estimate of drug-likeness (QED) is 0.664. The first-order chi connectivity index (χ1) is 12.5. The van der Waals surface area contributed by atoms with Gasteiger partial charge in [-0.05, 0) is 36.6 Å². The molecule has 4 N–H and O–H groups in total. The Morgan fingerprint density at radius 2 is 2.27 bits per heavy atom. The number of halogens is 1. The monoisotopic (exact) mass is 363 g/mol. The SMILES string of the molecule is COC(=O)C(Cc1c[nH]c2cc(F)ccc12)NC(=O)[C@@H]1CC[C@H](CN)O1. The predicted octanol–water partition coefficient (Wildman–Crippen LogP) is 1.01. The summed E-state index contributed by atoms with van der Waals surface area (Å²) in [6, 6.07) is 3.50. The van der Waals surface area contributed by atoms with Crippen molar-refractivity contribution in [2.75, 3.05) is 13.7 Å². The summed E-state index contributed by atoms with van der Waals surface area (Å²) in [5.41, 5.74) is 6.97. The minimum Gasteiger partial charge on any atom is -0.467 e. The Hall–Kier alpha value is -2.45. The first kappa shape index (κ1) is 18.3. The fourth-order valence-electron chi connectivity index (χ4n) is 3.22. The lowest BCUT2D eigenvalue weighted by Gasteiger charge is -2.19. The zero-order valence-corrected chi connectivity index (χ0v) is 14.5. The zero-order valence-electron chi connectivity index (χ0n) is 14.5. The fraction of sp³-hybridized carbons (Fsp3) is 0.444. The van der Waals surface area contributed by atoms with Crippen LogP contribution in [-0.2, 0) is 25.5 Å². The molecule has 1 aliphatic heterocycles. The third kappa shape index (κ3) is 3.86. The van der Waals surface area contributed by atoms with Gasteiger partial charge in [-0.15, -0.1) is 0 Å². The number of carbonyl (C=O) groups excluding carboxylic acids is 2. The van der Waals surface area contributed by atoms with Crippen LogP contribution >= 0.6 is 0 Å². The van der Waals surface area contributed by atoms with E-state index in [1.165, 1.54) is 19.2 Å². The summed E-state index contributed by atoms with van der Waals surface area (Å²) in [7, 11) is 1.27. The number of amides is 1. The third-order valence-corrected chi connectivity index (χ3v) is 4.62. The fourth-order valence-corrected chi connectivity index (χ4v) is 3.22. The molecule has 2 aromatic rings. The summed E-state index contributed by atoms with van der Waals surface area (Å²) in [6.45, 7) is 0.357. The summed E-state index contributed by atoms with van der Waals surface area (Å²) in [5, 5.41) is 3.49. The van der Waals surface area contributed by atoms with Crippen LogP contribution in [0.25, 0.3) is 10.9 Å². The van der Waals surface area contributed by atoms with Gasteiger partial charge in [-0.2, -0.15) is 0 Å². The van der Waals surface area contributed by atoms with E-state index in [4.69, 9.17) is 15.2 Å². The van der Waals surface area contributed by atoms with Crippen molar-refractivity contribution in [3.05, 3.63) is 35.8 Å². The molecule has 0 aliphatic carbocycles. The van der Waals surface area contributed by atoms with Crippen molar-refractivity contribution in [1.82, 2.24) is 10.3 Å². The van der Waals surface area contributed by atoms with Crippen molar-refractivity contribution in [3.8, 4) is 0 Å². The highest BCUT2D eigenvalue weighted by atomic mass is 19.1. The van der Waals surface area contributed by atoms with Gasteiger partial charge in [0, 0.05) is 30.1 Å². The molecule has 0 spiro atoms. The van der Waals surface area contributed by atoms with Gasteiger partial charge >= 0.3 is 5.97 Å². The number of benzene rings is 1. The maximum atomic E-state index is 13.3. The molecule has 1 aliphatic rings. The van der Waals surface area contributed by atoms with Crippen molar-refractivity contribution >= 4 is 22.8 Å². The first-order valence-electron chi connectivity index (χ1n) is 8.51. The van der Waals surface area contributed by atoms with Crippen LogP contribution in [0, 0.1) is 5.82 Å². The van der Waals surface area contributed by atoms with Crippen LogP contribution in [-0.4, -0.2) is 48.8 Å². The topological polar surface area (TPSA) is 106 Å². The lowest BCUT2D eigenvalue weighted by Crippen LogP contribution is -2.47. The van der Waals surface area contributed by atoms with Gasteiger partial charge in [0.1, 0.15) is 18.0 Å². The first-order valence-corrected chi connectivity index (χ1v) is 8.51. The number of hydrogen-bond acceptors (Lipinski definition) is 5. The number of H-pyrrole nitrogens is 1. The Balaban J connectivity index is 1.73. The number of nitrogens with one attached hydrogen (secondary N) is 2. The second kappa shape index (κ2) is 7.84. The van der Waals surface area contributed by atoms with Gasteiger partial charge in [0.2, 0.25) is 5.91 Å². The molecule has 0 saturated carbocycles. The van der Waals surface area contributed by atoms with Crippen molar-refractivity contribution < 1.29 is 23.5 Å². The Morgan fingerprint density at radius 1 is 1.46 bits per heavy atom. The molecule has 1 fully saturated rings. The number of esters is 1. The summed E-state index contributed by atoms with van der Waals surface area (Å²) in [5.74, 6) is -1.26. The van der Waals surface area contributed by atoms with Gasteiger partial charge in [-0.1, -0.05) is 0 Å². The number of hydrogen-bond donors (Lipinski definition) is 3. The van der Waals surface area contributed by atoms with Gasteiger partial charge in [0.15, 0.2) is 0 Å². The molecule has 140 valence electrons. The minimum absolute atomic E-state index is 0.133. The number of rotatable bonds is 6. The normalized spacial score (nSPS) is 20.9. The van der Waals surface area contributed by atoms with Crippen LogP contribution in [0.2, 0.25) is 0 Å². The van der Waals surface area contributed by atoms with Crippen LogP contribution in [0.4, 0.5) is 4.39 Å². The van der Waals surface area contributed by atoms with Crippen molar-refractivity contribution in [1.29, 1.82) is 0 Å². The van der Waals surface area contributed by atoms with Crippen LogP contribution in [0.5, 0.6) is 0 Å². The number of nitrogens with two attached hydrogens (primary N) is 1. The predicted molar refractivity (Wildman–Crippen MR) is 92.9 cm³/mol.